The summed E-state index contributed by atoms with van der Waals surface area (Å²) in [5.41, 5.74) is 2.11. The van der Waals surface area contributed by atoms with Crippen LogP contribution in [0.4, 0.5) is 10.5 Å². The van der Waals surface area contributed by atoms with E-state index in [0.717, 1.165) is 10.9 Å². The Morgan fingerprint density at radius 3 is 2.74 bits per heavy atom. The summed E-state index contributed by atoms with van der Waals surface area (Å²) in [4.78, 5) is 18.2. The van der Waals surface area contributed by atoms with Crippen molar-refractivity contribution in [3.05, 3.63) is 66.4 Å². The number of aromatic hydroxyl groups is 1. The number of benzene rings is 2. The van der Waals surface area contributed by atoms with Crippen molar-refractivity contribution in [2.75, 3.05) is 12.4 Å². The van der Waals surface area contributed by atoms with E-state index in [1.165, 1.54) is 4.90 Å². The predicted molar refractivity (Wildman–Crippen MR) is 90.3 cm³/mol. The Labute approximate surface area is 134 Å². The third-order valence-corrected chi connectivity index (χ3v) is 3.62. The Balaban J connectivity index is 1.77. The summed E-state index contributed by atoms with van der Waals surface area (Å²) in [5, 5.41) is 13.6. The van der Waals surface area contributed by atoms with Crippen LogP contribution in [-0.4, -0.2) is 28.1 Å². The second-order valence-electron chi connectivity index (χ2n) is 5.30. The largest absolute Gasteiger partial charge is 0.508 e. The maximum atomic E-state index is 12.4. The van der Waals surface area contributed by atoms with Crippen LogP contribution < -0.4 is 5.32 Å². The fourth-order valence-electron chi connectivity index (χ4n) is 2.39. The number of hydrogen-bond acceptors (Lipinski definition) is 3. The maximum Gasteiger partial charge on any atom is 0.321 e. The third-order valence-electron chi connectivity index (χ3n) is 3.62. The highest BCUT2D eigenvalue weighted by atomic mass is 16.3. The molecule has 0 unspecified atom stereocenters. The number of pyridine rings is 1. The van der Waals surface area contributed by atoms with Gasteiger partial charge in [-0.25, -0.2) is 4.79 Å². The number of rotatable bonds is 3. The highest BCUT2D eigenvalue weighted by Crippen LogP contribution is 2.22. The molecular formula is C18H17N3O2. The molecule has 0 spiro atoms. The van der Waals surface area contributed by atoms with E-state index in [2.05, 4.69) is 10.3 Å². The van der Waals surface area contributed by atoms with Crippen molar-refractivity contribution in [2.24, 2.45) is 0 Å². The fraction of sp³-hybridized carbons (Fsp3) is 0.111. The van der Waals surface area contributed by atoms with Gasteiger partial charge in [0.2, 0.25) is 0 Å². The van der Waals surface area contributed by atoms with Crippen LogP contribution >= 0.6 is 0 Å². The zero-order valence-electron chi connectivity index (χ0n) is 12.7. The number of carbonyl (C=O) groups is 1. The SMILES string of the molecule is CN(Cc1ccccc1O)C(=O)Nc1cccc2cccnc12. The second kappa shape index (κ2) is 6.36. The van der Waals surface area contributed by atoms with Gasteiger partial charge >= 0.3 is 6.03 Å². The zero-order chi connectivity index (χ0) is 16.2. The van der Waals surface area contributed by atoms with Crippen molar-refractivity contribution in [1.82, 2.24) is 9.88 Å². The number of nitrogens with zero attached hydrogens (tertiary/aromatic N) is 2. The lowest BCUT2D eigenvalue weighted by Gasteiger charge is -2.19. The van der Waals surface area contributed by atoms with E-state index >= 15 is 0 Å². The van der Waals surface area contributed by atoms with E-state index in [0.29, 0.717) is 17.8 Å². The number of para-hydroxylation sites is 2. The Bertz CT molecular complexity index is 843. The molecule has 3 rings (SSSR count). The van der Waals surface area contributed by atoms with E-state index < -0.39 is 0 Å². The number of phenols is 1. The van der Waals surface area contributed by atoms with Crippen LogP contribution in [0, 0.1) is 0 Å². The monoisotopic (exact) mass is 307 g/mol. The van der Waals surface area contributed by atoms with Gasteiger partial charge in [0.15, 0.2) is 0 Å². The summed E-state index contributed by atoms with van der Waals surface area (Å²) < 4.78 is 0. The number of fused-ring (bicyclic) bond motifs is 1. The molecule has 0 saturated carbocycles. The van der Waals surface area contributed by atoms with E-state index in [1.54, 1.807) is 31.4 Å². The van der Waals surface area contributed by atoms with Gasteiger partial charge in [-0.05, 0) is 18.2 Å². The summed E-state index contributed by atoms with van der Waals surface area (Å²) in [6, 6.07) is 16.2. The molecule has 3 aromatic rings. The Morgan fingerprint density at radius 2 is 1.91 bits per heavy atom. The lowest BCUT2D eigenvalue weighted by Crippen LogP contribution is -2.30. The van der Waals surface area contributed by atoms with Gasteiger partial charge in [0, 0.05) is 24.2 Å². The molecule has 0 aliphatic carbocycles. The first-order valence-electron chi connectivity index (χ1n) is 7.28. The van der Waals surface area contributed by atoms with Gasteiger partial charge < -0.3 is 15.3 Å². The molecule has 1 aromatic heterocycles. The summed E-state index contributed by atoms with van der Waals surface area (Å²) in [7, 11) is 1.68. The number of amides is 2. The minimum atomic E-state index is -0.258. The first-order valence-corrected chi connectivity index (χ1v) is 7.28. The molecule has 0 bridgehead atoms. The van der Waals surface area contributed by atoms with E-state index in [4.69, 9.17) is 0 Å². The summed E-state index contributed by atoms with van der Waals surface area (Å²) in [6.45, 7) is 0.316. The first kappa shape index (κ1) is 14.8. The molecule has 5 nitrogen and oxygen atoms in total. The van der Waals surface area contributed by atoms with Crippen LogP contribution in [0.3, 0.4) is 0 Å². The van der Waals surface area contributed by atoms with Crippen LogP contribution in [-0.2, 0) is 6.54 Å². The van der Waals surface area contributed by atoms with Crippen molar-refractivity contribution in [3.63, 3.8) is 0 Å². The normalized spacial score (nSPS) is 10.5. The number of urea groups is 1. The number of carbonyl (C=O) groups excluding carboxylic acids is 1. The number of nitrogens with one attached hydrogen (secondary N) is 1. The second-order valence-corrected chi connectivity index (χ2v) is 5.30. The van der Waals surface area contributed by atoms with Crippen LogP contribution in [0.5, 0.6) is 5.75 Å². The standard InChI is InChI=1S/C18H17N3O2/c1-21(12-14-6-2-3-10-16(14)22)18(23)20-15-9-4-7-13-8-5-11-19-17(13)15/h2-11,22H,12H2,1H3,(H,20,23). The van der Waals surface area contributed by atoms with Gasteiger partial charge in [-0.1, -0.05) is 36.4 Å². The van der Waals surface area contributed by atoms with E-state index in [1.807, 2.05) is 36.4 Å². The van der Waals surface area contributed by atoms with Crippen molar-refractivity contribution < 1.29 is 9.90 Å². The Morgan fingerprint density at radius 1 is 1.13 bits per heavy atom. The minimum Gasteiger partial charge on any atom is -0.508 e. The lowest BCUT2D eigenvalue weighted by molar-refractivity contribution is 0.220. The van der Waals surface area contributed by atoms with E-state index in [9.17, 15) is 9.90 Å². The van der Waals surface area contributed by atoms with Crippen LogP contribution in [0.25, 0.3) is 10.9 Å². The minimum absolute atomic E-state index is 0.180. The molecule has 0 aliphatic heterocycles. The van der Waals surface area contributed by atoms with Gasteiger partial charge in [0.1, 0.15) is 5.75 Å². The van der Waals surface area contributed by atoms with Crippen LogP contribution in [0.2, 0.25) is 0 Å². The molecule has 0 fully saturated rings. The fourth-order valence-corrected chi connectivity index (χ4v) is 2.39. The number of hydrogen-bond donors (Lipinski definition) is 2. The molecule has 2 aromatic carbocycles. The molecule has 5 heteroatoms. The molecule has 0 radical (unpaired) electrons. The Hall–Kier alpha value is -3.08. The quantitative estimate of drug-likeness (QED) is 0.777. The third kappa shape index (κ3) is 3.23. The maximum absolute atomic E-state index is 12.4. The van der Waals surface area contributed by atoms with Gasteiger partial charge in [-0.2, -0.15) is 0 Å². The molecule has 0 atom stereocenters. The molecule has 0 aliphatic rings. The molecule has 0 saturated heterocycles. The first-order chi connectivity index (χ1) is 11.1. The average Bonchev–Trinajstić information content (AvgIpc) is 2.57. The van der Waals surface area contributed by atoms with Crippen LogP contribution in [0.1, 0.15) is 5.56 Å². The highest BCUT2D eigenvalue weighted by Gasteiger charge is 2.13. The number of phenolic OH excluding ortho intramolecular Hbond substituents is 1. The van der Waals surface area contributed by atoms with Crippen molar-refractivity contribution >= 4 is 22.6 Å². The van der Waals surface area contributed by atoms with Gasteiger partial charge in [-0.15, -0.1) is 0 Å². The molecule has 2 amide bonds. The number of aromatic nitrogens is 1. The highest BCUT2D eigenvalue weighted by molar-refractivity contribution is 5.99. The molecule has 2 N–H and O–H groups in total. The summed E-state index contributed by atoms with van der Waals surface area (Å²) >= 11 is 0. The molecule has 116 valence electrons. The topological polar surface area (TPSA) is 65.5 Å². The summed E-state index contributed by atoms with van der Waals surface area (Å²) in [5.74, 6) is 0.180. The van der Waals surface area contributed by atoms with Crippen molar-refractivity contribution in [2.45, 2.75) is 6.54 Å². The number of anilines is 1. The zero-order valence-corrected chi connectivity index (χ0v) is 12.7. The average molecular weight is 307 g/mol. The summed E-state index contributed by atoms with van der Waals surface area (Å²) in [6.07, 6.45) is 1.70. The van der Waals surface area contributed by atoms with Crippen LogP contribution in [0.15, 0.2) is 60.8 Å². The van der Waals surface area contributed by atoms with Gasteiger partial charge in [0.25, 0.3) is 0 Å². The molecule has 1 heterocycles. The van der Waals surface area contributed by atoms with Gasteiger partial charge in [-0.3, -0.25) is 4.98 Å². The predicted octanol–water partition coefficient (Wildman–Crippen LogP) is 3.60. The smallest absolute Gasteiger partial charge is 0.321 e. The molecular weight excluding hydrogens is 290 g/mol. The Kier molecular flexibility index (Phi) is 4.10. The lowest BCUT2D eigenvalue weighted by atomic mass is 10.2. The van der Waals surface area contributed by atoms with Crippen molar-refractivity contribution in [1.29, 1.82) is 0 Å². The van der Waals surface area contributed by atoms with E-state index in [-0.39, 0.29) is 11.8 Å². The van der Waals surface area contributed by atoms with Crippen molar-refractivity contribution in [3.8, 4) is 5.75 Å². The molecule has 23 heavy (non-hydrogen) atoms. The van der Waals surface area contributed by atoms with Gasteiger partial charge in [0.05, 0.1) is 17.7 Å².